The number of thiazole rings is 1. The van der Waals surface area contributed by atoms with Gasteiger partial charge >= 0.3 is 0 Å². The average Bonchev–Trinajstić information content (AvgIpc) is 3.11. The highest BCUT2D eigenvalue weighted by Crippen LogP contribution is 2.27. The Kier molecular flexibility index (Phi) is 6.51. The molecule has 0 aliphatic carbocycles. The summed E-state index contributed by atoms with van der Waals surface area (Å²) in [6.45, 7) is -0.885. The molecule has 27 heavy (non-hydrogen) atoms. The van der Waals surface area contributed by atoms with Gasteiger partial charge in [-0.2, -0.15) is 0 Å². The predicted octanol–water partition coefficient (Wildman–Crippen LogP) is 4.17. The van der Waals surface area contributed by atoms with Crippen LogP contribution in [0.1, 0.15) is 10.6 Å². The van der Waals surface area contributed by atoms with Crippen LogP contribution in [0.5, 0.6) is 5.75 Å². The molecular formula is C20H20FN3O2S. The Morgan fingerprint density at radius 2 is 2.11 bits per heavy atom. The van der Waals surface area contributed by atoms with Gasteiger partial charge in [0.15, 0.2) is 0 Å². The number of nitrogens with zero attached hydrogens (tertiary/aromatic N) is 2. The zero-order valence-electron chi connectivity index (χ0n) is 14.8. The van der Waals surface area contributed by atoms with Gasteiger partial charge in [0.1, 0.15) is 36.0 Å². The first-order valence-corrected chi connectivity index (χ1v) is 9.25. The molecule has 7 heteroatoms. The second-order valence-electron chi connectivity index (χ2n) is 5.75. The maximum Gasteiger partial charge on any atom is 0.125 e. The van der Waals surface area contributed by atoms with Crippen LogP contribution in [0, 0.1) is 0 Å². The summed E-state index contributed by atoms with van der Waals surface area (Å²) >= 11 is 1.53. The summed E-state index contributed by atoms with van der Waals surface area (Å²) in [6, 6.07) is 9.37. The first kappa shape index (κ1) is 19.0. The Balaban J connectivity index is 1.63. The van der Waals surface area contributed by atoms with Crippen LogP contribution in [0.3, 0.4) is 0 Å². The highest BCUT2D eigenvalue weighted by Gasteiger charge is 2.06. The second kappa shape index (κ2) is 9.25. The van der Waals surface area contributed by atoms with E-state index >= 15 is 0 Å². The van der Waals surface area contributed by atoms with E-state index in [1.165, 1.54) is 11.3 Å². The van der Waals surface area contributed by atoms with E-state index in [4.69, 9.17) is 4.74 Å². The molecule has 0 saturated carbocycles. The molecule has 3 aromatic rings. The van der Waals surface area contributed by atoms with Gasteiger partial charge < -0.3 is 15.2 Å². The van der Waals surface area contributed by atoms with Crippen molar-refractivity contribution < 1.29 is 14.2 Å². The van der Waals surface area contributed by atoms with Crippen molar-refractivity contribution in [2.75, 3.05) is 25.6 Å². The van der Waals surface area contributed by atoms with Gasteiger partial charge in [-0.25, -0.2) is 14.4 Å². The van der Waals surface area contributed by atoms with Crippen LogP contribution in [-0.4, -0.2) is 41.5 Å². The van der Waals surface area contributed by atoms with Crippen molar-refractivity contribution in [3.8, 4) is 5.75 Å². The number of aromatic nitrogens is 2. The number of fused-ring (bicyclic) bond motifs is 1. The Labute approximate surface area is 160 Å². The van der Waals surface area contributed by atoms with Gasteiger partial charge in [-0.05, 0) is 42.0 Å². The number of hydrogen-bond acceptors (Lipinski definition) is 6. The van der Waals surface area contributed by atoms with Gasteiger partial charge in [0.2, 0.25) is 0 Å². The van der Waals surface area contributed by atoms with Crippen molar-refractivity contribution in [1.29, 1.82) is 0 Å². The molecule has 2 N–H and O–H groups in total. The third-order valence-corrected chi connectivity index (χ3v) is 4.66. The van der Waals surface area contributed by atoms with Gasteiger partial charge in [0, 0.05) is 13.2 Å². The van der Waals surface area contributed by atoms with E-state index in [0.29, 0.717) is 5.75 Å². The quantitative estimate of drug-likeness (QED) is 0.570. The highest BCUT2D eigenvalue weighted by molar-refractivity contribution is 7.19. The molecule has 1 atom stereocenters. The number of nitrogens with one attached hydrogen (secondary N) is 1. The molecule has 0 aliphatic heterocycles. The minimum absolute atomic E-state index is 0.0669. The molecule has 0 saturated heterocycles. The standard InChI is InChI=1S/C20H20FN3O2S/c1-22-19-9-6-14(12-23-19)4-2-3-5-20-24-17-8-7-16(10-18(17)27-20)26-13-15(25)11-21/h2-10,12,15,25H,11,13H2,1H3,(H,22,23). The molecule has 0 amide bonds. The van der Waals surface area contributed by atoms with Gasteiger partial charge in [-0.3, -0.25) is 0 Å². The fraction of sp³-hybridized carbons (Fsp3) is 0.200. The molecule has 2 heterocycles. The highest BCUT2D eigenvalue weighted by atomic mass is 32.1. The number of hydrogen-bond donors (Lipinski definition) is 2. The minimum Gasteiger partial charge on any atom is -0.491 e. The largest absolute Gasteiger partial charge is 0.491 e. The molecule has 3 rings (SSSR count). The fourth-order valence-corrected chi connectivity index (χ4v) is 3.19. The molecular weight excluding hydrogens is 365 g/mol. The third-order valence-electron chi connectivity index (χ3n) is 3.68. The van der Waals surface area contributed by atoms with E-state index in [1.807, 2.05) is 55.6 Å². The van der Waals surface area contributed by atoms with Crippen molar-refractivity contribution >= 4 is 39.5 Å². The molecule has 5 nitrogen and oxygen atoms in total. The number of anilines is 1. The molecule has 0 radical (unpaired) electrons. The lowest BCUT2D eigenvalue weighted by Crippen LogP contribution is -2.19. The monoisotopic (exact) mass is 385 g/mol. The number of rotatable bonds is 8. The first-order valence-electron chi connectivity index (χ1n) is 8.44. The van der Waals surface area contributed by atoms with E-state index in [1.54, 1.807) is 12.3 Å². The Hall–Kier alpha value is -2.77. The maximum atomic E-state index is 12.3. The van der Waals surface area contributed by atoms with Crippen LogP contribution in [0.4, 0.5) is 10.2 Å². The van der Waals surface area contributed by atoms with E-state index in [-0.39, 0.29) is 6.61 Å². The summed E-state index contributed by atoms with van der Waals surface area (Å²) in [5, 5.41) is 13.1. The summed E-state index contributed by atoms with van der Waals surface area (Å²) in [7, 11) is 1.83. The lowest BCUT2D eigenvalue weighted by molar-refractivity contribution is 0.0842. The SMILES string of the molecule is CNc1ccc(C=CC=Cc2nc3ccc(OCC(O)CF)cc3s2)cn1. The average molecular weight is 385 g/mol. The fourth-order valence-electron chi connectivity index (χ4n) is 2.28. The normalized spacial score (nSPS) is 12.9. The van der Waals surface area contributed by atoms with Crippen LogP contribution in [0.25, 0.3) is 22.4 Å². The second-order valence-corrected chi connectivity index (χ2v) is 6.81. The number of allylic oxidation sites excluding steroid dienone is 2. The maximum absolute atomic E-state index is 12.3. The smallest absolute Gasteiger partial charge is 0.125 e. The van der Waals surface area contributed by atoms with Crippen LogP contribution in [0.15, 0.2) is 48.7 Å². The molecule has 0 bridgehead atoms. The zero-order valence-corrected chi connectivity index (χ0v) is 15.6. The molecule has 2 aromatic heterocycles. The minimum atomic E-state index is -1.10. The summed E-state index contributed by atoms with van der Waals surface area (Å²) in [5.74, 6) is 1.42. The van der Waals surface area contributed by atoms with Crippen molar-refractivity contribution in [2.45, 2.75) is 6.10 Å². The van der Waals surface area contributed by atoms with E-state index in [0.717, 1.165) is 26.6 Å². The first-order chi connectivity index (χ1) is 13.2. The molecule has 0 aliphatic rings. The summed E-state index contributed by atoms with van der Waals surface area (Å²) in [5.41, 5.74) is 1.88. The summed E-state index contributed by atoms with van der Waals surface area (Å²) in [4.78, 5) is 8.80. The van der Waals surface area contributed by atoms with Crippen LogP contribution in [0.2, 0.25) is 0 Å². The number of ether oxygens (including phenoxy) is 1. The number of benzene rings is 1. The van der Waals surface area contributed by atoms with Gasteiger partial charge in [-0.15, -0.1) is 11.3 Å². The Bertz CT molecular complexity index is 938. The number of alkyl halides is 1. The number of pyridine rings is 1. The van der Waals surface area contributed by atoms with E-state index in [9.17, 15) is 9.50 Å². The van der Waals surface area contributed by atoms with Crippen LogP contribution in [-0.2, 0) is 0 Å². The number of aliphatic hydroxyl groups excluding tert-OH is 1. The Morgan fingerprint density at radius 1 is 1.26 bits per heavy atom. The molecule has 1 unspecified atom stereocenters. The van der Waals surface area contributed by atoms with Gasteiger partial charge in [-0.1, -0.05) is 18.2 Å². The topological polar surface area (TPSA) is 67.3 Å². The van der Waals surface area contributed by atoms with Crippen molar-refractivity contribution in [3.63, 3.8) is 0 Å². The van der Waals surface area contributed by atoms with Gasteiger partial charge in [0.25, 0.3) is 0 Å². The van der Waals surface area contributed by atoms with E-state index in [2.05, 4.69) is 15.3 Å². The molecule has 0 fully saturated rings. The summed E-state index contributed by atoms with van der Waals surface area (Å²) < 4.78 is 18.6. The summed E-state index contributed by atoms with van der Waals surface area (Å²) in [6.07, 6.45) is 8.47. The Morgan fingerprint density at radius 3 is 2.85 bits per heavy atom. The van der Waals surface area contributed by atoms with Crippen LogP contribution >= 0.6 is 11.3 Å². The van der Waals surface area contributed by atoms with Crippen LogP contribution < -0.4 is 10.1 Å². The zero-order chi connectivity index (χ0) is 19.1. The van der Waals surface area contributed by atoms with Crippen molar-refractivity contribution in [1.82, 2.24) is 9.97 Å². The molecule has 0 spiro atoms. The number of aliphatic hydroxyl groups is 1. The van der Waals surface area contributed by atoms with Crippen molar-refractivity contribution in [3.05, 3.63) is 59.3 Å². The van der Waals surface area contributed by atoms with E-state index < -0.39 is 12.8 Å². The predicted molar refractivity (Wildman–Crippen MR) is 109 cm³/mol. The lowest BCUT2D eigenvalue weighted by atomic mass is 10.2. The molecule has 140 valence electrons. The third kappa shape index (κ3) is 5.35. The van der Waals surface area contributed by atoms with Crippen molar-refractivity contribution in [2.24, 2.45) is 0 Å². The lowest BCUT2D eigenvalue weighted by Gasteiger charge is -2.08. The number of halogens is 1. The van der Waals surface area contributed by atoms with Gasteiger partial charge in [0.05, 0.1) is 10.2 Å². The molecule has 1 aromatic carbocycles.